The van der Waals surface area contributed by atoms with E-state index in [1.54, 1.807) is 41.3 Å². The van der Waals surface area contributed by atoms with Crippen molar-refractivity contribution in [1.29, 1.82) is 0 Å². The van der Waals surface area contributed by atoms with Crippen LogP contribution in [0.25, 0.3) is 5.69 Å². The van der Waals surface area contributed by atoms with Crippen molar-refractivity contribution < 1.29 is 33.8 Å². The number of tetrazole rings is 1. The minimum Gasteiger partial charge on any atom is -0.478 e. The van der Waals surface area contributed by atoms with Crippen molar-refractivity contribution in [2.75, 3.05) is 48.4 Å². The topological polar surface area (TPSA) is 201 Å². The summed E-state index contributed by atoms with van der Waals surface area (Å²) >= 11 is 6.13. The molecule has 17 heteroatoms. The lowest BCUT2D eigenvalue weighted by atomic mass is 10.0. The second kappa shape index (κ2) is 14.6. The fourth-order valence-corrected chi connectivity index (χ4v) is 5.55. The molecule has 0 aliphatic carbocycles. The number of carbonyl (C=O) groups is 5. The summed E-state index contributed by atoms with van der Waals surface area (Å²) in [5, 5.41) is 28.1. The van der Waals surface area contributed by atoms with Crippen molar-refractivity contribution in [1.82, 2.24) is 30.4 Å². The Morgan fingerprint density at radius 1 is 0.959 bits per heavy atom. The molecule has 2 fully saturated rings. The molecule has 1 atom stereocenters. The van der Waals surface area contributed by atoms with Crippen molar-refractivity contribution in [3.05, 3.63) is 89.2 Å². The zero-order chi connectivity index (χ0) is 34.5. The molecule has 2 saturated heterocycles. The lowest BCUT2D eigenvalue weighted by Gasteiger charge is -2.42. The summed E-state index contributed by atoms with van der Waals surface area (Å²) in [5.74, 6) is -4.01. The molecule has 3 aromatic carbocycles. The van der Waals surface area contributed by atoms with Gasteiger partial charge in [-0.15, -0.1) is 5.10 Å². The van der Waals surface area contributed by atoms with Gasteiger partial charge in [0.2, 0.25) is 11.8 Å². The predicted molar refractivity (Wildman–Crippen MR) is 175 cm³/mol. The highest BCUT2D eigenvalue weighted by Gasteiger charge is 2.33. The van der Waals surface area contributed by atoms with Crippen LogP contribution in [-0.2, 0) is 30.3 Å². The molecule has 49 heavy (non-hydrogen) atoms. The molecule has 1 unspecified atom stereocenters. The summed E-state index contributed by atoms with van der Waals surface area (Å²) < 4.78 is 6.53. The van der Waals surface area contributed by atoms with Crippen LogP contribution in [0.3, 0.4) is 0 Å². The van der Waals surface area contributed by atoms with E-state index >= 15 is 0 Å². The lowest BCUT2D eigenvalue weighted by molar-refractivity contribution is -0.137. The third kappa shape index (κ3) is 7.89. The zero-order valence-electron chi connectivity index (χ0n) is 25.8. The number of carboxylic acids is 1. The van der Waals surface area contributed by atoms with Gasteiger partial charge in [0.05, 0.1) is 42.7 Å². The Morgan fingerprint density at radius 2 is 1.71 bits per heavy atom. The molecule has 4 N–H and O–H groups in total. The Bertz CT molecular complexity index is 1870. The van der Waals surface area contributed by atoms with Gasteiger partial charge >= 0.3 is 17.8 Å². The Morgan fingerprint density at radius 3 is 2.35 bits per heavy atom. The number of ether oxygens (including phenoxy) is 1. The number of hydrogen-bond donors (Lipinski definition) is 4. The highest BCUT2D eigenvalue weighted by molar-refractivity contribution is 6.40. The average Bonchev–Trinajstić information content (AvgIpc) is 3.59. The van der Waals surface area contributed by atoms with Gasteiger partial charge in [0.25, 0.3) is 0 Å². The van der Waals surface area contributed by atoms with Gasteiger partial charge < -0.3 is 30.7 Å². The summed E-state index contributed by atoms with van der Waals surface area (Å²) in [6.45, 7) is 2.80. The van der Waals surface area contributed by atoms with Gasteiger partial charge in [0.15, 0.2) is 0 Å². The smallest absolute Gasteiger partial charge is 0.335 e. The van der Waals surface area contributed by atoms with Crippen molar-refractivity contribution in [3.8, 4) is 5.69 Å². The van der Waals surface area contributed by atoms with Crippen LogP contribution in [0.4, 0.5) is 17.1 Å². The fraction of sp³-hybridized carbons (Fsp3) is 0.250. The van der Waals surface area contributed by atoms with Crippen molar-refractivity contribution in [2.24, 2.45) is 0 Å². The monoisotopic (exact) mass is 687 g/mol. The number of piperazine rings is 1. The predicted octanol–water partition coefficient (Wildman–Crippen LogP) is 1.37. The molecular formula is C32H30ClN9O7. The summed E-state index contributed by atoms with van der Waals surface area (Å²) in [6.07, 6.45) is 1.28. The van der Waals surface area contributed by atoms with Gasteiger partial charge in [-0.1, -0.05) is 23.7 Å². The molecule has 0 spiro atoms. The maximum absolute atomic E-state index is 13.5. The molecule has 0 bridgehead atoms. The number of nitrogens with one attached hydrogen (secondary N) is 3. The Kier molecular flexibility index (Phi) is 9.89. The van der Waals surface area contributed by atoms with Crippen LogP contribution in [0, 0.1) is 0 Å². The second-order valence-electron chi connectivity index (χ2n) is 11.3. The first-order valence-corrected chi connectivity index (χ1v) is 15.5. The minimum atomic E-state index is -1.24. The molecule has 0 saturated carbocycles. The van der Waals surface area contributed by atoms with Crippen LogP contribution in [0.2, 0.25) is 5.02 Å². The number of aromatic nitrogens is 4. The number of nitrogens with zero attached hydrogens (tertiary/aromatic N) is 6. The van der Waals surface area contributed by atoms with E-state index in [2.05, 4.69) is 36.4 Å². The molecule has 2 aliphatic rings. The third-order valence-corrected chi connectivity index (χ3v) is 8.34. The summed E-state index contributed by atoms with van der Waals surface area (Å²) in [5.41, 5.74) is 2.13. The Labute approximate surface area is 284 Å². The molecule has 6 rings (SSSR count). The number of benzene rings is 3. The molecule has 1 aromatic heterocycles. The number of amides is 4. The number of hydrogen-bond acceptors (Lipinski definition) is 10. The number of rotatable bonds is 10. The minimum absolute atomic E-state index is 0.0191. The maximum atomic E-state index is 13.5. The van der Waals surface area contributed by atoms with Gasteiger partial charge in [0, 0.05) is 35.9 Å². The summed E-state index contributed by atoms with van der Waals surface area (Å²) in [4.78, 5) is 67.8. The van der Waals surface area contributed by atoms with Gasteiger partial charge in [0.1, 0.15) is 12.4 Å². The van der Waals surface area contributed by atoms with Crippen LogP contribution in [0.15, 0.2) is 73.1 Å². The highest BCUT2D eigenvalue weighted by Crippen LogP contribution is 2.24. The van der Waals surface area contributed by atoms with E-state index in [1.165, 1.54) is 41.3 Å². The number of carbonyl (C=O) groups excluding carboxylic acids is 4. The third-order valence-electron chi connectivity index (χ3n) is 8.11. The Balaban J connectivity index is 1.17. The maximum Gasteiger partial charge on any atom is 0.335 e. The van der Waals surface area contributed by atoms with E-state index in [1.807, 2.05) is 0 Å². The van der Waals surface area contributed by atoms with Gasteiger partial charge in [-0.05, 0) is 70.6 Å². The standard InChI is InChI=1S/C32H30ClN9O7/c33-21-5-10-27(42-18-34-38-39-42)25(14-21)36-30(45)31(46)37-26(29(44)35-22-6-3-20(4-7-22)32(47)48)13-19-1-8-23(9-2-19)41-12-11-40(15-28(41)43)24-16-49-17-24/h1-10,14,18,24,26H,11-13,15-17H2,(H,35,44)(H,36,45)(H,37,46)(H,47,48). The zero-order valence-corrected chi connectivity index (χ0v) is 26.5. The van der Waals surface area contributed by atoms with Crippen LogP contribution in [0.1, 0.15) is 15.9 Å². The SMILES string of the molecule is O=C(Nc1cc(Cl)ccc1-n1cnnn1)C(=O)NC(Cc1ccc(N2CCN(C3COC3)CC2=O)cc1)C(=O)Nc1ccc(C(=O)O)cc1. The quantitative estimate of drug-likeness (QED) is 0.176. The van der Waals surface area contributed by atoms with Gasteiger partial charge in [-0.2, -0.15) is 4.68 Å². The molecule has 252 valence electrons. The van der Waals surface area contributed by atoms with Crippen LogP contribution in [-0.4, -0.2) is 105 Å². The summed E-state index contributed by atoms with van der Waals surface area (Å²) in [7, 11) is 0. The van der Waals surface area contributed by atoms with Crippen molar-refractivity contribution in [3.63, 3.8) is 0 Å². The van der Waals surface area contributed by atoms with E-state index in [0.717, 1.165) is 6.54 Å². The van der Waals surface area contributed by atoms with Crippen molar-refractivity contribution in [2.45, 2.75) is 18.5 Å². The largest absolute Gasteiger partial charge is 0.478 e. The van der Waals surface area contributed by atoms with Gasteiger partial charge in [-0.25, -0.2) is 4.79 Å². The fourth-order valence-electron chi connectivity index (χ4n) is 5.38. The first-order chi connectivity index (χ1) is 23.6. The lowest BCUT2D eigenvalue weighted by Crippen LogP contribution is -2.58. The molecule has 2 aliphatic heterocycles. The number of halogens is 1. The normalized spacial score (nSPS) is 15.6. The van der Waals surface area contributed by atoms with E-state index < -0.39 is 29.7 Å². The van der Waals surface area contributed by atoms with Crippen LogP contribution < -0.4 is 20.9 Å². The number of aromatic carboxylic acids is 1. The summed E-state index contributed by atoms with van der Waals surface area (Å²) in [6, 6.07) is 16.1. The number of carboxylic acid groups (broad SMARTS) is 1. The van der Waals surface area contributed by atoms with Crippen molar-refractivity contribution >= 4 is 58.3 Å². The number of anilines is 3. The van der Waals surface area contributed by atoms with Gasteiger partial charge in [-0.3, -0.25) is 24.1 Å². The van der Waals surface area contributed by atoms with Crippen LogP contribution >= 0.6 is 11.6 Å². The van der Waals surface area contributed by atoms with E-state index in [0.29, 0.717) is 43.2 Å². The molecule has 4 aromatic rings. The highest BCUT2D eigenvalue weighted by atomic mass is 35.5. The average molecular weight is 688 g/mol. The van der Waals surface area contributed by atoms with E-state index in [9.17, 15) is 29.1 Å². The second-order valence-corrected chi connectivity index (χ2v) is 11.8. The first-order valence-electron chi connectivity index (χ1n) is 15.1. The van der Waals surface area contributed by atoms with E-state index in [-0.39, 0.29) is 40.3 Å². The molecule has 4 amide bonds. The molecular weight excluding hydrogens is 658 g/mol. The molecule has 16 nitrogen and oxygen atoms in total. The molecule has 0 radical (unpaired) electrons. The first kappa shape index (κ1) is 33.2. The van der Waals surface area contributed by atoms with Crippen LogP contribution in [0.5, 0.6) is 0 Å². The van der Waals surface area contributed by atoms with E-state index in [4.69, 9.17) is 16.3 Å². The Hall–Kier alpha value is -5.71. The molecule has 3 heterocycles.